The van der Waals surface area contributed by atoms with Crippen molar-refractivity contribution < 1.29 is 22.8 Å². The summed E-state index contributed by atoms with van der Waals surface area (Å²) in [5, 5.41) is 2.88. The first-order valence-corrected chi connectivity index (χ1v) is 8.16. The van der Waals surface area contributed by atoms with E-state index in [9.17, 15) is 22.8 Å². The molecule has 7 heteroatoms. The summed E-state index contributed by atoms with van der Waals surface area (Å²) >= 11 is 0. The Kier molecular flexibility index (Phi) is 2.46. The van der Waals surface area contributed by atoms with Gasteiger partial charge in [0.25, 0.3) is 0 Å². The van der Waals surface area contributed by atoms with Crippen molar-refractivity contribution in [1.82, 2.24) is 4.90 Å². The van der Waals surface area contributed by atoms with E-state index in [4.69, 9.17) is 0 Å². The summed E-state index contributed by atoms with van der Waals surface area (Å²) in [7, 11) is 0. The third-order valence-electron chi connectivity index (χ3n) is 6.06. The molecule has 2 aliphatic carbocycles. The van der Waals surface area contributed by atoms with Crippen LogP contribution >= 0.6 is 0 Å². The maximum Gasteiger partial charge on any atom is 0.471 e. The Bertz CT molecular complexity index is 783. The molecule has 2 bridgehead atoms. The number of carbonyl (C=O) groups excluding carboxylic acids is 2. The number of benzene rings is 1. The van der Waals surface area contributed by atoms with E-state index in [1.807, 2.05) is 0 Å². The van der Waals surface area contributed by atoms with Crippen LogP contribution in [0, 0.1) is 11.3 Å². The van der Waals surface area contributed by atoms with Crippen LogP contribution in [0.5, 0.6) is 0 Å². The number of hydrogen-bond donors (Lipinski definition) is 1. The summed E-state index contributed by atoms with van der Waals surface area (Å²) < 4.78 is 38.5. The lowest BCUT2D eigenvalue weighted by atomic mass is 9.91. The van der Waals surface area contributed by atoms with Crippen molar-refractivity contribution in [2.75, 3.05) is 5.32 Å². The number of alkyl halides is 3. The largest absolute Gasteiger partial charge is 0.471 e. The fraction of sp³-hybridized carbons (Fsp3) is 0.529. The number of hydrogen-bond acceptors (Lipinski definition) is 2. The molecule has 1 N–H and O–H groups in total. The Morgan fingerprint density at radius 1 is 1.12 bits per heavy atom. The van der Waals surface area contributed by atoms with Gasteiger partial charge in [0.2, 0.25) is 5.91 Å². The van der Waals surface area contributed by atoms with E-state index < -0.39 is 24.2 Å². The molecule has 0 radical (unpaired) electrons. The number of rotatable bonds is 2. The highest BCUT2D eigenvalue weighted by Crippen LogP contribution is 2.75. The smallest absolute Gasteiger partial charge is 0.326 e. The van der Waals surface area contributed by atoms with Crippen molar-refractivity contribution in [2.45, 2.75) is 43.9 Å². The summed E-state index contributed by atoms with van der Waals surface area (Å²) in [6, 6.07) is 4.18. The quantitative estimate of drug-likeness (QED) is 0.901. The van der Waals surface area contributed by atoms with E-state index in [0.29, 0.717) is 24.4 Å². The van der Waals surface area contributed by atoms with Gasteiger partial charge in [-0.2, -0.15) is 13.2 Å². The predicted octanol–water partition coefficient (Wildman–Crippen LogP) is 3.32. The average Bonchev–Trinajstić information content (AvgIpc) is 3.31. The van der Waals surface area contributed by atoms with E-state index in [1.165, 1.54) is 0 Å². The summed E-state index contributed by atoms with van der Waals surface area (Å²) in [5.74, 6) is -1.23. The Balaban J connectivity index is 1.42. The van der Waals surface area contributed by atoms with E-state index in [0.717, 1.165) is 28.9 Å². The third kappa shape index (κ3) is 1.75. The van der Waals surface area contributed by atoms with Gasteiger partial charge in [-0.3, -0.25) is 9.59 Å². The van der Waals surface area contributed by atoms with Crippen molar-refractivity contribution >= 4 is 17.5 Å². The number of halogens is 3. The number of fused-ring (bicyclic) bond motifs is 6. The van der Waals surface area contributed by atoms with Gasteiger partial charge in [0.15, 0.2) is 0 Å². The Hall–Kier alpha value is -2.05. The van der Waals surface area contributed by atoms with Crippen LogP contribution < -0.4 is 5.32 Å². The minimum absolute atomic E-state index is 0.0128. The number of anilines is 1. The van der Waals surface area contributed by atoms with Gasteiger partial charge < -0.3 is 10.2 Å². The van der Waals surface area contributed by atoms with Crippen LogP contribution in [-0.2, 0) is 9.59 Å². The van der Waals surface area contributed by atoms with Crippen LogP contribution in [0.4, 0.5) is 18.9 Å². The molecule has 126 valence electrons. The second-order valence-corrected chi connectivity index (χ2v) is 7.38. The van der Waals surface area contributed by atoms with E-state index in [2.05, 4.69) is 5.32 Å². The van der Waals surface area contributed by atoms with Crippen LogP contribution in [0.1, 0.15) is 48.9 Å². The van der Waals surface area contributed by atoms with Gasteiger partial charge in [-0.1, -0.05) is 6.07 Å². The Morgan fingerprint density at radius 2 is 1.75 bits per heavy atom. The first kappa shape index (κ1) is 14.3. The van der Waals surface area contributed by atoms with Gasteiger partial charge >= 0.3 is 12.1 Å². The highest BCUT2D eigenvalue weighted by atomic mass is 19.4. The molecule has 2 saturated carbocycles. The third-order valence-corrected chi connectivity index (χ3v) is 6.06. The van der Waals surface area contributed by atoms with Crippen LogP contribution in [0.3, 0.4) is 0 Å². The molecule has 1 aromatic rings. The van der Waals surface area contributed by atoms with Crippen molar-refractivity contribution in [1.29, 1.82) is 0 Å². The van der Waals surface area contributed by atoms with Crippen LogP contribution in [-0.4, -0.2) is 22.9 Å². The summed E-state index contributed by atoms with van der Waals surface area (Å²) in [4.78, 5) is 24.9. The van der Waals surface area contributed by atoms with Gasteiger partial charge in [-0.15, -0.1) is 0 Å². The molecule has 24 heavy (non-hydrogen) atoms. The van der Waals surface area contributed by atoms with Crippen molar-refractivity contribution in [2.24, 2.45) is 11.3 Å². The monoisotopic (exact) mass is 336 g/mol. The zero-order chi connectivity index (χ0) is 16.9. The van der Waals surface area contributed by atoms with Gasteiger partial charge in [0.05, 0.1) is 17.5 Å². The molecule has 2 aliphatic heterocycles. The molecule has 2 unspecified atom stereocenters. The Morgan fingerprint density at radius 3 is 2.33 bits per heavy atom. The van der Waals surface area contributed by atoms with Gasteiger partial charge in [0, 0.05) is 5.69 Å². The van der Waals surface area contributed by atoms with E-state index in [-0.39, 0.29) is 11.3 Å². The lowest BCUT2D eigenvalue weighted by molar-refractivity contribution is -0.188. The molecule has 2 amide bonds. The molecule has 4 aliphatic rings. The van der Waals surface area contributed by atoms with Crippen molar-refractivity contribution in [3.8, 4) is 0 Å². The average molecular weight is 336 g/mol. The number of nitrogens with zero attached hydrogens (tertiary/aromatic N) is 1. The lowest BCUT2D eigenvalue weighted by Gasteiger charge is -2.23. The standard InChI is InChI=1S/C17H15F3N2O2/c18-17(19,20)15(24)22-12-3-4-13(22)11-5-9(1-2-10(11)12)21-14(23)16-6-8(16)7-16/h1-2,5,8,12-13H,3-4,6-7H2,(H,21,23). The summed E-state index contributed by atoms with van der Waals surface area (Å²) in [5.41, 5.74) is 1.96. The van der Waals surface area contributed by atoms with Crippen LogP contribution in [0.15, 0.2) is 18.2 Å². The molecular weight excluding hydrogens is 321 g/mol. The zero-order valence-electron chi connectivity index (χ0n) is 12.7. The first-order chi connectivity index (χ1) is 11.3. The van der Waals surface area contributed by atoms with Crippen molar-refractivity contribution in [3.63, 3.8) is 0 Å². The number of amides is 2. The molecular formula is C17H15F3N2O2. The SMILES string of the molecule is O=C(N1C2CCC1c1cc(NC(=O)C34CC3C4)ccc12)C(F)(F)F. The van der Waals surface area contributed by atoms with E-state index >= 15 is 0 Å². The van der Waals surface area contributed by atoms with Gasteiger partial charge in [-0.05, 0) is 54.9 Å². The van der Waals surface area contributed by atoms with Gasteiger partial charge in [0.1, 0.15) is 0 Å². The number of nitrogens with one attached hydrogen (secondary N) is 1. The van der Waals surface area contributed by atoms with Crippen LogP contribution in [0.25, 0.3) is 0 Å². The molecule has 3 fully saturated rings. The zero-order valence-corrected chi connectivity index (χ0v) is 12.7. The minimum Gasteiger partial charge on any atom is -0.326 e. The highest BCUT2D eigenvalue weighted by Gasteiger charge is 2.74. The van der Waals surface area contributed by atoms with Crippen LogP contribution in [0.2, 0.25) is 0 Å². The molecule has 0 spiro atoms. The van der Waals surface area contributed by atoms with E-state index in [1.54, 1.807) is 18.2 Å². The topological polar surface area (TPSA) is 49.4 Å². The lowest BCUT2D eigenvalue weighted by Crippen LogP contribution is -2.39. The molecule has 2 atom stereocenters. The summed E-state index contributed by atoms with van der Waals surface area (Å²) in [6.07, 6.45) is -1.88. The molecule has 1 aromatic carbocycles. The predicted molar refractivity (Wildman–Crippen MR) is 77.8 cm³/mol. The Labute approximate surface area is 136 Å². The first-order valence-electron chi connectivity index (χ1n) is 8.16. The number of carbonyl (C=O) groups is 2. The minimum atomic E-state index is -4.86. The highest BCUT2D eigenvalue weighted by molar-refractivity contribution is 6.00. The fourth-order valence-electron chi connectivity index (χ4n) is 4.42. The maximum absolute atomic E-state index is 12.8. The molecule has 5 rings (SSSR count). The maximum atomic E-state index is 12.8. The van der Waals surface area contributed by atoms with Crippen molar-refractivity contribution in [3.05, 3.63) is 29.3 Å². The molecule has 0 aromatic heterocycles. The molecule has 2 heterocycles. The summed E-state index contributed by atoms with van der Waals surface area (Å²) in [6.45, 7) is 0. The fourth-order valence-corrected chi connectivity index (χ4v) is 4.42. The van der Waals surface area contributed by atoms with Gasteiger partial charge in [-0.25, -0.2) is 0 Å². The second kappa shape index (κ2) is 4.13. The molecule has 1 saturated heterocycles. The normalized spacial score (nSPS) is 34.6. The molecule has 4 nitrogen and oxygen atoms in total. The second-order valence-electron chi connectivity index (χ2n) is 7.38.